The molecule has 112 valence electrons. The molecule has 0 bridgehead atoms. The Hall–Kier alpha value is -1.17. The molecule has 0 aliphatic heterocycles. The highest BCUT2D eigenvalue weighted by molar-refractivity contribution is 6.31. The van der Waals surface area contributed by atoms with Gasteiger partial charge in [0.2, 0.25) is 6.29 Å². The van der Waals surface area contributed by atoms with Crippen LogP contribution >= 0.6 is 11.6 Å². The highest BCUT2D eigenvalue weighted by Gasteiger charge is 2.14. The van der Waals surface area contributed by atoms with E-state index in [0.717, 1.165) is 0 Å². The zero-order valence-corrected chi connectivity index (χ0v) is 12.7. The Morgan fingerprint density at radius 2 is 1.95 bits per heavy atom. The van der Waals surface area contributed by atoms with Crippen molar-refractivity contribution in [3.8, 4) is 0 Å². The second kappa shape index (κ2) is 8.19. The van der Waals surface area contributed by atoms with Crippen LogP contribution in [0.25, 0.3) is 0 Å². The van der Waals surface area contributed by atoms with Gasteiger partial charge in [0.1, 0.15) is 5.82 Å². The maximum absolute atomic E-state index is 13.7. The van der Waals surface area contributed by atoms with Gasteiger partial charge in [-0.3, -0.25) is 4.99 Å². The molecule has 0 aromatic heterocycles. The first kappa shape index (κ1) is 16.9. The van der Waals surface area contributed by atoms with Crippen molar-refractivity contribution < 1.29 is 13.9 Å². The molecule has 0 saturated carbocycles. The van der Waals surface area contributed by atoms with Gasteiger partial charge in [-0.15, -0.1) is 0 Å². The normalized spacial score (nSPS) is 12.2. The highest BCUT2D eigenvalue weighted by Crippen LogP contribution is 2.23. The summed E-state index contributed by atoms with van der Waals surface area (Å²) in [6, 6.07) is 3.39. The molecule has 0 unspecified atom stereocenters. The highest BCUT2D eigenvalue weighted by atomic mass is 35.5. The third kappa shape index (κ3) is 4.44. The Bertz CT molecular complexity index is 474. The first-order valence-electron chi connectivity index (χ1n) is 6.47. The van der Waals surface area contributed by atoms with E-state index in [9.17, 15) is 4.39 Å². The number of hydrogen-bond acceptors (Lipinski definition) is 3. The molecule has 2 N–H and O–H groups in total. The van der Waals surface area contributed by atoms with E-state index in [0.29, 0.717) is 24.3 Å². The van der Waals surface area contributed by atoms with Gasteiger partial charge in [0, 0.05) is 13.2 Å². The van der Waals surface area contributed by atoms with Gasteiger partial charge in [0.15, 0.2) is 5.84 Å². The molecule has 1 aromatic carbocycles. The zero-order valence-electron chi connectivity index (χ0n) is 12.0. The summed E-state index contributed by atoms with van der Waals surface area (Å²) in [5.41, 5.74) is 6.89. The molecule has 4 nitrogen and oxygen atoms in total. The molecular formula is C14H20ClFN2O2. The van der Waals surface area contributed by atoms with Crippen LogP contribution in [0.5, 0.6) is 0 Å². The summed E-state index contributed by atoms with van der Waals surface area (Å²) in [5.74, 6) is -0.213. The Morgan fingerprint density at radius 1 is 1.35 bits per heavy atom. The van der Waals surface area contributed by atoms with E-state index in [1.165, 1.54) is 0 Å². The molecule has 0 fully saturated rings. The number of rotatable bonds is 7. The van der Waals surface area contributed by atoms with Crippen molar-refractivity contribution in [2.75, 3.05) is 13.2 Å². The number of aliphatic imine (C=N–C) groups is 1. The van der Waals surface area contributed by atoms with Crippen LogP contribution in [-0.2, 0) is 16.0 Å². The predicted molar refractivity (Wildman–Crippen MR) is 78.5 cm³/mol. The Labute approximate surface area is 123 Å². The van der Waals surface area contributed by atoms with Crippen LogP contribution in [0.3, 0.4) is 0 Å². The van der Waals surface area contributed by atoms with Crippen LogP contribution in [-0.4, -0.2) is 25.3 Å². The van der Waals surface area contributed by atoms with E-state index in [-0.39, 0.29) is 17.4 Å². The van der Waals surface area contributed by atoms with E-state index in [1.807, 2.05) is 13.8 Å². The minimum absolute atomic E-state index is 0.0749. The lowest BCUT2D eigenvalue weighted by Crippen LogP contribution is -2.34. The molecule has 6 heteroatoms. The quantitative estimate of drug-likeness (QED) is 0.478. The third-order valence-electron chi connectivity index (χ3n) is 2.66. The fourth-order valence-electron chi connectivity index (χ4n) is 1.58. The van der Waals surface area contributed by atoms with Gasteiger partial charge in [-0.25, -0.2) is 4.39 Å². The van der Waals surface area contributed by atoms with E-state index < -0.39 is 12.1 Å². The largest absolute Gasteiger partial charge is 0.383 e. The zero-order chi connectivity index (χ0) is 15.1. The Kier molecular flexibility index (Phi) is 6.91. The summed E-state index contributed by atoms with van der Waals surface area (Å²) in [4.78, 5) is 4.16. The van der Waals surface area contributed by atoms with Crippen molar-refractivity contribution in [3.63, 3.8) is 0 Å². The van der Waals surface area contributed by atoms with Crippen molar-refractivity contribution >= 4 is 17.4 Å². The predicted octanol–water partition coefficient (Wildman–Crippen LogP) is 3.04. The number of aryl methyl sites for hydroxylation is 1. The maximum Gasteiger partial charge on any atom is 0.216 e. The van der Waals surface area contributed by atoms with Gasteiger partial charge in [-0.1, -0.05) is 23.7 Å². The summed E-state index contributed by atoms with van der Waals surface area (Å²) in [7, 11) is 0. The van der Waals surface area contributed by atoms with Gasteiger partial charge in [0.05, 0.1) is 11.6 Å². The first-order valence-corrected chi connectivity index (χ1v) is 6.85. The van der Waals surface area contributed by atoms with Crippen molar-refractivity contribution in [3.05, 3.63) is 34.1 Å². The molecule has 0 radical (unpaired) electrons. The lowest BCUT2D eigenvalue weighted by atomic mass is 10.1. The van der Waals surface area contributed by atoms with E-state index in [4.69, 9.17) is 26.8 Å². The van der Waals surface area contributed by atoms with Gasteiger partial charge in [0.25, 0.3) is 0 Å². The van der Waals surface area contributed by atoms with Crippen molar-refractivity contribution in [2.45, 2.75) is 33.6 Å². The average molecular weight is 303 g/mol. The van der Waals surface area contributed by atoms with E-state index in [2.05, 4.69) is 4.99 Å². The summed E-state index contributed by atoms with van der Waals surface area (Å²) >= 11 is 5.94. The fraction of sp³-hybridized carbons (Fsp3) is 0.500. The van der Waals surface area contributed by atoms with Crippen LogP contribution in [0.15, 0.2) is 17.1 Å². The smallest absolute Gasteiger partial charge is 0.216 e. The Morgan fingerprint density at radius 3 is 2.50 bits per heavy atom. The lowest BCUT2D eigenvalue weighted by Gasteiger charge is -2.16. The molecule has 0 heterocycles. The summed E-state index contributed by atoms with van der Waals surface area (Å²) in [5, 5.41) is 0.0749. The second-order valence-electron chi connectivity index (χ2n) is 4.15. The number of nitrogens with zero attached hydrogens (tertiary/aromatic N) is 1. The van der Waals surface area contributed by atoms with Crippen LogP contribution < -0.4 is 5.73 Å². The van der Waals surface area contributed by atoms with Gasteiger partial charge in [-0.2, -0.15) is 0 Å². The summed E-state index contributed by atoms with van der Waals surface area (Å²) in [6.07, 6.45) is -0.681. The molecule has 0 amide bonds. The van der Waals surface area contributed by atoms with Crippen LogP contribution in [0.4, 0.5) is 4.39 Å². The van der Waals surface area contributed by atoms with Crippen LogP contribution in [0, 0.1) is 12.7 Å². The van der Waals surface area contributed by atoms with Crippen LogP contribution in [0.1, 0.15) is 25.0 Å². The molecule has 0 spiro atoms. The molecule has 0 atom stereocenters. The SMILES string of the molecule is CCOC(OCC)C(N)=NCc1ccc(C)c(F)c1Cl. The van der Waals surface area contributed by atoms with Crippen molar-refractivity contribution in [2.24, 2.45) is 10.7 Å². The maximum atomic E-state index is 13.7. The number of amidine groups is 1. The summed E-state index contributed by atoms with van der Waals surface area (Å²) < 4.78 is 24.3. The fourth-order valence-corrected chi connectivity index (χ4v) is 1.85. The number of nitrogens with two attached hydrogens (primary N) is 1. The van der Waals surface area contributed by atoms with Gasteiger partial charge in [-0.05, 0) is 31.9 Å². The van der Waals surface area contributed by atoms with Crippen LogP contribution in [0.2, 0.25) is 5.02 Å². The molecule has 0 saturated heterocycles. The minimum atomic E-state index is -0.681. The molecular weight excluding hydrogens is 283 g/mol. The number of halogens is 2. The topological polar surface area (TPSA) is 56.8 Å². The van der Waals surface area contributed by atoms with Crippen molar-refractivity contribution in [1.82, 2.24) is 0 Å². The summed E-state index contributed by atoms with van der Waals surface area (Å²) in [6.45, 7) is 6.43. The molecule has 1 aromatic rings. The number of benzene rings is 1. The molecule has 20 heavy (non-hydrogen) atoms. The second-order valence-corrected chi connectivity index (χ2v) is 4.53. The molecule has 1 rings (SSSR count). The lowest BCUT2D eigenvalue weighted by molar-refractivity contribution is -0.0907. The third-order valence-corrected chi connectivity index (χ3v) is 3.07. The number of ether oxygens (including phenoxy) is 2. The van der Waals surface area contributed by atoms with E-state index in [1.54, 1.807) is 19.1 Å². The number of hydrogen-bond donors (Lipinski definition) is 1. The van der Waals surface area contributed by atoms with Gasteiger partial charge >= 0.3 is 0 Å². The standard InChI is InChI=1S/C14H20ClFN2O2/c1-4-19-14(20-5-2)13(17)18-8-10-7-6-9(3)12(16)11(10)15/h6-7,14H,4-5,8H2,1-3H3,(H2,17,18). The van der Waals surface area contributed by atoms with E-state index >= 15 is 0 Å². The molecule has 0 aliphatic carbocycles. The Balaban J connectivity index is 2.82. The first-order chi connectivity index (χ1) is 9.51. The molecule has 0 aliphatic rings. The van der Waals surface area contributed by atoms with Gasteiger partial charge < -0.3 is 15.2 Å². The minimum Gasteiger partial charge on any atom is -0.383 e. The average Bonchev–Trinajstić information content (AvgIpc) is 2.43. The monoisotopic (exact) mass is 302 g/mol. The van der Waals surface area contributed by atoms with Crippen molar-refractivity contribution in [1.29, 1.82) is 0 Å².